The Morgan fingerprint density at radius 2 is 1.73 bits per heavy atom. The Morgan fingerprint density at radius 1 is 1.03 bits per heavy atom. The highest BCUT2D eigenvalue weighted by molar-refractivity contribution is 7.09. The van der Waals surface area contributed by atoms with E-state index in [-0.39, 0.29) is 17.4 Å². The van der Waals surface area contributed by atoms with Gasteiger partial charge in [0.05, 0.1) is 23.8 Å². The van der Waals surface area contributed by atoms with Gasteiger partial charge in [0, 0.05) is 43.5 Å². The van der Waals surface area contributed by atoms with E-state index in [4.69, 9.17) is 0 Å². The molecule has 162 valence electrons. The lowest BCUT2D eigenvalue weighted by molar-refractivity contribution is -0.122. The number of amides is 3. The van der Waals surface area contributed by atoms with E-state index in [2.05, 4.69) is 41.3 Å². The number of hydrogen-bond acceptors (Lipinski definition) is 5. The molecule has 0 atom stereocenters. The molecular formula is C22H31N5O2S. The first kappa shape index (κ1) is 22.2. The Bertz CT molecular complexity index is 839. The molecule has 1 aromatic heterocycles. The minimum Gasteiger partial charge on any atom is -0.351 e. The van der Waals surface area contributed by atoms with E-state index < -0.39 is 0 Å². The van der Waals surface area contributed by atoms with Crippen LogP contribution >= 0.6 is 11.3 Å². The molecule has 2 aromatic rings. The predicted molar refractivity (Wildman–Crippen MR) is 119 cm³/mol. The molecule has 1 aliphatic heterocycles. The summed E-state index contributed by atoms with van der Waals surface area (Å²) < 4.78 is 0. The van der Waals surface area contributed by atoms with Crippen LogP contribution in [0.3, 0.4) is 0 Å². The topological polar surface area (TPSA) is 77.6 Å². The van der Waals surface area contributed by atoms with Gasteiger partial charge < -0.3 is 15.5 Å². The summed E-state index contributed by atoms with van der Waals surface area (Å²) in [6.45, 7) is 10.3. The van der Waals surface area contributed by atoms with Gasteiger partial charge in [-0.25, -0.2) is 9.78 Å². The van der Waals surface area contributed by atoms with Crippen LogP contribution in [0.25, 0.3) is 0 Å². The standard InChI is InChI=1S/C22H31N5O2S/c1-22(2,3)20-25-18(16-30-20)14-24-21(29)27-11-9-26(10-12-27)15-19(28)23-13-17-7-5-4-6-8-17/h4-8,16H,9-15H2,1-3H3,(H,23,28)(H,24,29). The van der Waals surface area contributed by atoms with Gasteiger partial charge in [-0.1, -0.05) is 51.1 Å². The number of urea groups is 1. The number of nitrogens with zero attached hydrogens (tertiary/aromatic N) is 3. The van der Waals surface area contributed by atoms with Crippen LogP contribution in [0.5, 0.6) is 0 Å². The molecule has 0 saturated carbocycles. The van der Waals surface area contributed by atoms with E-state index in [9.17, 15) is 9.59 Å². The highest BCUT2D eigenvalue weighted by atomic mass is 32.1. The molecule has 3 amide bonds. The summed E-state index contributed by atoms with van der Waals surface area (Å²) in [7, 11) is 0. The monoisotopic (exact) mass is 429 g/mol. The van der Waals surface area contributed by atoms with Crippen molar-refractivity contribution in [3.8, 4) is 0 Å². The lowest BCUT2D eigenvalue weighted by Crippen LogP contribution is -2.53. The Kier molecular flexibility index (Phi) is 7.44. The zero-order valence-corrected chi connectivity index (χ0v) is 18.8. The molecule has 1 fully saturated rings. The maximum absolute atomic E-state index is 12.5. The molecule has 0 unspecified atom stereocenters. The molecule has 0 spiro atoms. The Hall–Kier alpha value is -2.45. The number of piperazine rings is 1. The average Bonchev–Trinajstić information content (AvgIpc) is 3.21. The van der Waals surface area contributed by atoms with E-state index in [0.717, 1.165) is 16.3 Å². The van der Waals surface area contributed by atoms with Crippen molar-refractivity contribution in [2.75, 3.05) is 32.7 Å². The second-order valence-corrected chi connectivity index (χ2v) is 9.44. The molecule has 1 saturated heterocycles. The number of benzene rings is 1. The van der Waals surface area contributed by atoms with Gasteiger partial charge in [-0.05, 0) is 5.56 Å². The normalized spacial score (nSPS) is 15.1. The lowest BCUT2D eigenvalue weighted by atomic mass is 9.98. The lowest BCUT2D eigenvalue weighted by Gasteiger charge is -2.34. The highest BCUT2D eigenvalue weighted by Crippen LogP contribution is 2.25. The number of carbonyl (C=O) groups is 2. The summed E-state index contributed by atoms with van der Waals surface area (Å²) in [5.74, 6) is 0.00920. The molecule has 0 bridgehead atoms. The first-order valence-corrected chi connectivity index (χ1v) is 11.2. The molecule has 0 aliphatic carbocycles. The van der Waals surface area contributed by atoms with Gasteiger partial charge in [0.2, 0.25) is 5.91 Å². The van der Waals surface area contributed by atoms with E-state index >= 15 is 0 Å². The van der Waals surface area contributed by atoms with Crippen molar-refractivity contribution >= 4 is 23.3 Å². The van der Waals surface area contributed by atoms with Crippen LogP contribution in [0.2, 0.25) is 0 Å². The van der Waals surface area contributed by atoms with Gasteiger partial charge in [0.1, 0.15) is 0 Å². The van der Waals surface area contributed by atoms with Crippen LogP contribution < -0.4 is 10.6 Å². The molecule has 30 heavy (non-hydrogen) atoms. The molecule has 7 nitrogen and oxygen atoms in total. The zero-order valence-electron chi connectivity index (χ0n) is 18.0. The molecule has 3 rings (SSSR count). The summed E-state index contributed by atoms with van der Waals surface area (Å²) >= 11 is 1.63. The summed E-state index contributed by atoms with van der Waals surface area (Å²) in [4.78, 5) is 33.1. The molecular weight excluding hydrogens is 398 g/mol. The Morgan fingerprint density at radius 3 is 2.37 bits per heavy atom. The van der Waals surface area contributed by atoms with E-state index in [0.29, 0.717) is 45.8 Å². The second-order valence-electron chi connectivity index (χ2n) is 8.58. The van der Waals surface area contributed by atoms with E-state index in [1.807, 2.05) is 35.7 Å². The smallest absolute Gasteiger partial charge is 0.317 e. The fraction of sp³-hybridized carbons (Fsp3) is 0.500. The van der Waals surface area contributed by atoms with Crippen LogP contribution in [0.4, 0.5) is 4.79 Å². The van der Waals surface area contributed by atoms with Gasteiger partial charge in [0.25, 0.3) is 0 Å². The number of rotatable bonds is 6. The number of nitrogens with one attached hydrogen (secondary N) is 2. The van der Waals surface area contributed by atoms with Crippen molar-refractivity contribution in [1.82, 2.24) is 25.4 Å². The van der Waals surface area contributed by atoms with Crippen molar-refractivity contribution in [3.63, 3.8) is 0 Å². The third kappa shape index (κ3) is 6.53. The first-order valence-electron chi connectivity index (χ1n) is 10.3. The van der Waals surface area contributed by atoms with Crippen molar-refractivity contribution in [3.05, 3.63) is 52.0 Å². The van der Waals surface area contributed by atoms with Gasteiger partial charge in [-0.15, -0.1) is 11.3 Å². The summed E-state index contributed by atoms with van der Waals surface area (Å²) in [5, 5.41) is 8.99. The fourth-order valence-electron chi connectivity index (χ4n) is 3.18. The van der Waals surface area contributed by atoms with E-state index in [1.54, 1.807) is 16.2 Å². The molecule has 2 N–H and O–H groups in total. The van der Waals surface area contributed by atoms with Gasteiger partial charge in [-0.3, -0.25) is 9.69 Å². The maximum Gasteiger partial charge on any atom is 0.317 e. The number of hydrogen-bond donors (Lipinski definition) is 2. The van der Waals surface area contributed by atoms with Crippen molar-refractivity contribution in [2.24, 2.45) is 0 Å². The van der Waals surface area contributed by atoms with Crippen LogP contribution in [0, 0.1) is 0 Å². The van der Waals surface area contributed by atoms with Crippen LogP contribution in [0.1, 0.15) is 37.0 Å². The number of thiazole rings is 1. The molecule has 1 aromatic carbocycles. The van der Waals surface area contributed by atoms with Crippen LogP contribution in [0.15, 0.2) is 35.7 Å². The average molecular weight is 430 g/mol. The fourth-order valence-corrected chi connectivity index (χ4v) is 4.08. The second kappa shape index (κ2) is 10.0. The SMILES string of the molecule is CC(C)(C)c1nc(CNC(=O)N2CCN(CC(=O)NCc3ccccc3)CC2)cs1. The summed E-state index contributed by atoms with van der Waals surface area (Å²) in [5.41, 5.74) is 2.01. The molecule has 2 heterocycles. The summed E-state index contributed by atoms with van der Waals surface area (Å²) in [6, 6.07) is 9.79. The zero-order chi connectivity index (χ0) is 21.6. The minimum atomic E-state index is -0.0755. The van der Waals surface area contributed by atoms with Crippen LogP contribution in [-0.2, 0) is 23.3 Å². The third-order valence-electron chi connectivity index (χ3n) is 4.97. The molecule has 1 aliphatic rings. The minimum absolute atomic E-state index is 0.00920. The van der Waals surface area contributed by atoms with E-state index in [1.165, 1.54) is 0 Å². The Balaban J connectivity index is 1.35. The van der Waals surface area contributed by atoms with Crippen molar-refractivity contribution < 1.29 is 9.59 Å². The molecule has 0 radical (unpaired) electrons. The number of aromatic nitrogens is 1. The number of carbonyl (C=O) groups excluding carboxylic acids is 2. The van der Waals surface area contributed by atoms with Crippen molar-refractivity contribution in [1.29, 1.82) is 0 Å². The third-order valence-corrected chi connectivity index (χ3v) is 6.29. The van der Waals surface area contributed by atoms with Gasteiger partial charge in [-0.2, -0.15) is 0 Å². The van der Waals surface area contributed by atoms with Gasteiger partial charge >= 0.3 is 6.03 Å². The predicted octanol–water partition coefficient (Wildman–Crippen LogP) is 2.58. The van der Waals surface area contributed by atoms with Crippen molar-refractivity contribution in [2.45, 2.75) is 39.3 Å². The van der Waals surface area contributed by atoms with Crippen LogP contribution in [-0.4, -0.2) is 59.4 Å². The summed E-state index contributed by atoms with van der Waals surface area (Å²) in [6.07, 6.45) is 0. The first-order chi connectivity index (χ1) is 14.3. The van der Waals surface area contributed by atoms with Gasteiger partial charge in [0.15, 0.2) is 0 Å². The highest BCUT2D eigenvalue weighted by Gasteiger charge is 2.23. The largest absolute Gasteiger partial charge is 0.351 e. The maximum atomic E-state index is 12.5. The Labute approximate surface area is 182 Å². The molecule has 8 heteroatoms. The quantitative estimate of drug-likeness (QED) is 0.740.